The minimum absolute atomic E-state index is 0.129. The predicted octanol–water partition coefficient (Wildman–Crippen LogP) is 3.70. The molecule has 1 fully saturated rings. The zero-order valence-electron chi connectivity index (χ0n) is 19.9. The van der Waals surface area contributed by atoms with Crippen LogP contribution in [-0.4, -0.2) is 62.7 Å². The number of alkyl halides is 3. The second-order valence-corrected chi connectivity index (χ2v) is 10.8. The van der Waals surface area contributed by atoms with Gasteiger partial charge in [-0.1, -0.05) is 13.0 Å². The average molecular weight is 538 g/mol. The molecule has 0 unspecified atom stereocenters. The van der Waals surface area contributed by atoms with Crippen molar-refractivity contribution in [3.63, 3.8) is 0 Å². The molecule has 0 aliphatic carbocycles. The van der Waals surface area contributed by atoms with Gasteiger partial charge in [-0.15, -0.1) is 0 Å². The zero-order chi connectivity index (χ0) is 27.2. The summed E-state index contributed by atoms with van der Waals surface area (Å²) in [5.41, 5.74) is -3.15. The van der Waals surface area contributed by atoms with Crippen molar-refractivity contribution < 1.29 is 44.6 Å². The Labute approximate surface area is 204 Å². The van der Waals surface area contributed by atoms with Crippen LogP contribution in [0.25, 0.3) is 0 Å². The lowest BCUT2D eigenvalue weighted by Crippen LogP contribution is -2.47. The quantitative estimate of drug-likeness (QED) is 0.565. The molecule has 2 aromatic rings. The number of sulfonamides is 1. The molecule has 36 heavy (non-hydrogen) atoms. The van der Waals surface area contributed by atoms with Crippen LogP contribution in [0.1, 0.15) is 25.3 Å². The minimum Gasteiger partial charge on any atom is -0.493 e. The first-order chi connectivity index (χ1) is 16.6. The largest absolute Gasteiger partial charge is 0.493 e. The first-order valence-corrected chi connectivity index (χ1v) is 11.9. The van der Waals surface area contributed by atoms with Crippen LogP contribution in [0.2, 0.25) is 0 Å². The number of halogens is 5. The summed E-state index contributed by atoms with van der Waals surface area (Å²) in [6.45, 7) is 1.94. The second-order valence-electron chi connectivity index (χ2n) is 8.63. The van der Waals surface area contributed by atoms with Crippen LogP contribution >= 0.6 is 0 Å². The number of nitrogens with one attached hydrogen (secondary N) is 1. The predicted molar refractivity (Wildman–Crippen MR) is 118 cm³/mol. The molecule has 1 amide bonds. The molecule has 1 aliphatic rings. The minimum atomic E-state index is -4.92. The number of ether oxygens (including phenoxy) is 2. The van der Waals surface area contributed by atoms with E-state index in [0.717, 1.165) is 48.9 Å². The summed E-state index contributed by atoms with van der Waals surface area (Å²) in [4.78, 5) is 16.7. The molecule has 0 saturated carbocycles. The number of carbonyl (C=O) groups excluding carboxylic acids is 1. The van der Waals surface area contributed by atoms with Gasteiger partial charge in [0.15, 0.2) is 17.2 Å². The van der Waals surface area contributed by atoms with E-state index < -0.39 is 63.0 Å². The number of rotatable bonds is 6. The molecule has 4 atom stereocenters. The highest BCUT2D eigenvalue weighted by Gasteiger charge is 2.65. The van der Waals surface area contributed by atoms with E-state index in [0.29, 0.717) is 0 Å². The van der Waals surface area contributed by atoms with Gasteiger partial charge in [-0.05, 0) is 19.1 Å². The number of hydrogen-bond acceptors (Lipinski definition) is 6. The Balaban J connectivity index is 2.07. The van der Waals surface area contributed by atoms with Crippen LogP contribution < -0.4 is 10.1 Å². The first kappa shape index (κ1) is 27.7. The molecule has 1 N–H and O–H groups in total. The van der Waals surface area contributed by atoms with Crippen molar-refractivity contribution in [1.29, 1.82) is 0 Å². The van der Waals surface area contributed by atoms with E-state index in [2.05, 4.69) is 10.3 Å². The maximum atomic E-state index is 14.4. The standard InChI is InChI=1S/C22H24F5N3O5S/c1-11-16(14-6-7-15(23)17(24)18(14)34-5)19(35-21(11,2)22(25,26)27)20(31)29-12-8-13(10-28-9-12)36(32,33)30(3)4/h6-11,16,19H,1-5H3,(H,29,31)/t11-,16-,19+,21+/m0/s1. The van der Waals surface area contributed by atoms with Gasteiger partial charge in [0.25, 0.3) is 5.91 Å². The fourth-order valence-electron chi connectivity index (χ4n) is 4.09. The Kier molecular flexibility index (Phi) is 7.37. The van der Waals surface area contributed by atoms with Gasteiger partial charge in [-0.25, -0.2) is 17.1 Å². The number of benzene rings is 1. The Morgan fingerprint density at radius 3 is 2.42 bits per heavy atom. The van der Waals surface area contributed by atoms with Gasteiger partial charge in [0.05, 0.1) is 19.0 Å². The molecule has 1 aromatic carbocycles. The molecule has 3 rings (SSSR count). The number of pyridine rings is 1. The molecule has 198 valence electrons. The van der Waals surface area contributed by atoms with Gasteiger partial charge in [0.2, 0.25) is 15.8 Å². The number of aromatic nitrogens is 1. The summed E-state index contributed by atoms with van der Waals surface area (Å²) in [7, 11) is -0.343. The highest BCUT2D eigenvalue weighted by molar-refractivity contribution is 7.89. The fourth-order valence-corrected chi connectivity index (χ4v) is 4.98. The Bertz CT molecular complexity index is 1270. The Morgan fingerprint density at radius 1 is 1.22 bits per heavy atom. The van der Waals surface area contributed by atoms with Crippen LogP contribution in [0.5, 0.6) is 5.75 Å². The maximum Gasteiger partial charge on any atom is 0.417 e. The number of methoxy groups -OCH3 is 1. The van der Waals surface area contributed by atoms with Crippen LogP contribution in [0.4, 0.5) is 27.6 Å². The van der Waals surface area contributed by atoms with Crippen LogP contribution in [0, 0.1) is 17.6 Å². The lowest BCUT2D eigenvalue weighted by Gasteiger charge is -2.32. The molecule has 14 heteroatoms. The van der Waals surface area contributed by atoms with E-state index in [1.807, 2.05) is 0 Å². The van der Waals surface area contributed by atoms with Crippen molar-refractivity contribution >= 4 is 21.6 Å². The van der Waals surface area contributed by atoms with Gasteiger partial charge in [0.1, 0.15) is 11.0 Å². The van der Waals surface area contributed by atoms with E-state index in [1.54, 1.807) is 0 Å². The summed E-state index contributed by atoms with van der Waals surface area (Å²) in [6, 6.07) is 2.84. The van der Waals surface area contributed by atoms with Crippen LogP contribution in [0.3, 0.4) is 0 Å². The summed E-state index contributed by atoms with van der Waals surface area (Å²) in [6.07, 6.45) is -4.62. The van der Waals surface area contributed by atoms with E-state index in [-0.39, 0.29) is 16.1 Å². The van der Waals surface area contributed by atoms with Gasteiger partial charge in [-0.3, -0.25) is 9.78 Å². The molecule has 1 aromatic heterocycles. The molecule has 0 bridgehead atoms. The van der Waals surface area contributed by atoms with E-state index in [9.17, 15) is 35.2 Å². The third-order valence-electron chi connectivity index (χ3n) is 6.33. The lowest BCUT2D eigenvalue weighted by molar-refractivity contribution is -0.272. The summed E-state index contributed by atoms with van der Waals surface area (Å²) in [5.74, 6) is -7.29. The fraction of sp³-hybridized carbons (Fsp3) is 0.455. The number of carbonyl (C=O) groups is 1. The van der Waals surface area contributed by atoms with E-state index in [4.69, 9.17) is 9.47 Å². The van der Waals surface area contributed by atoms with Crippen molar-refractivity contribution in [2.24, 2.45) is 5.92 Å². The van der Waals surface area contributed by atoms with Gasteiger partial charge >= 0.3 is 6.18 Å². The molecule has 0 radical (unpaired) electrons. The highest BCUT2D eigenvalue weighted by Crippen LogP contribution is 2.55. The first-order valence-electron chi connectivity index (χ1n) is 10.5. The van der Waals surface area contributed by atoms with Crippen molar-refractivity contribution in [2.75, 3.05) is 26.5 Å². The zero-order valence-corrected chi connectivity index (χ0v) is 20.7. The summed E-state index contributed by atoms with van der Waals surface area (Å²) in [5, 5.41) is 2.32. The van der Waals surface area contributed by atoms with Crippen molar-refractivity contribution in [3.05, 3.63) is 47.8 Å². The molecule has 2 heterocycles. The topological polar surface area (TPSA) is 97.8 Å². The van der Waals surface area contributed by atoms with Gasteiger partial charge in [0, 0.05) is 37.7 Å². The van der Waals surface area contributed by atoms with Crippen LogP contribution in [0.15, 0.2) is 35.5 Å². The van der Waals surface area contributed by atoms with Crippen molar-refractivity contribution in [2.45, 2.75) is 42.5 Å². The normalized spacial score (nSPS) is 24.7. The van der Waals surface area contributed by atoms with E-state index in [1.165, 1.54) is 21.0 Å². The third-order valence-corrected chi connectivity index (χ3v) is 8.11. The number of amides is 1. The number of nitrogens with zero attached hydrogens (tertiary/aromatic N) is 2. The molecule has 1 aliphatic heterocycles. The molecule has 0 spiro atoms. The maximum absolute atomic E-state index is 14.4. The Hall–Kier alpha value is -2.84. The SMILES string of the molecule is COc1c([C@H]2[C@H](C(=O)Nc3cncc(S(=O)(=O)N(C)C)c3)O[C@@](C)(C(F)(F)F)[C@H]2C)ccc(F)c1F. The molecular weight excluding hydrogens is 513 g/mol. The second kappa shape index (κ2) is 9.56. The monoisotopic (exact) mass is 537 g/mol. The summed E-state index contributed by atoms with van der Waals surface area (Å²) >= 11 is 0. The highest BCUT2D eigenvalue weighted by atomic mass is 32.2. The number of anilines is 1. The molecular formula is C22H24F5N3O5S. The third kappa shape index (κ3) is 4.64. The lowest BCUT2D eigenvalue weighted by atomic mass is 9.77. The number of hydrogen-bond donors (Lipinski definition) is 1. The Morgan fingerprint density at radius 2 is 1.86 bits per heavy atom. The molecule has 8 nitrogen and oxygen atoms in total. The smallest absolute Gasteiger partial charge is 0.417 e. The summed E-state index contributed by atoms with van der Waals surface area (Å²) < 4.78 is 106. The van der Waals surface area contributed by atoms with E-state index >= 15 is 0 Å². The van der Waals surface area contributed by atoms with Gasteiger partial charge < -0.3 is 14.8 Å². The van der Waals surface area contributed by atoms with Gasteiger partial charge in [-0.2, -0.15) is 17.6 Å². The average Bonchev–Trinajstić information content (AvgIpc) is 3.07. The van der Waals surface area contributed by atoms with Crippen molar-refractivity contribution in [3.8, 4) is 5.75 Å². The molecule has 1 saturated heterocycles. The van der Waals surface area contributed by atoms with Crippen molar-refractivity contribution in [1.82, 2.24) is 9.29 Å². The van der Waals surface area contributed by atoms with Crippen LogP contribution in [-0.2, 0) is 19.6 Å².